The first-order valence-corrected chi connectivity index (χ1v) is 13.0. The van der Waals surface area contributed by atoms with E-state index < -0.39 is 5.41 Å². The van der Waals surface area contributed by atoms with Crippen LogP contribution in [0.2, 0.25) is 0 Å². The van der Waals surface area contributed by atoms with Crippen LogP contribution in [-0.4, -0.2) is 89.1 Å². The number of amides is 5. The molecule has 0 bridgehead atoms. The number of rotatable bonds is 4. The summed E-state index contributed by atoms with van der Waals surface area (Å²) in [6, 6.07) is 3.87. The van der Waals surface area contributed by atoms with E-state index in [0.29, 0.717) is 38.5 Å². The highest BCUT2D eigenvalue weighted by Crippen LogP contribution is 2.37. The zero-order valence-electron chi connectivity index (χ0n) is 26.0. The second-order valence-corrected chi connectivity index (χ2v) is 9.55. The monoisotopic (exact) mass is 567 g/mol. The third kappa shape index (κ3) is 17.0. The van der Waals surface area contributed by atoms with E-state index in [1.807, 2.05) is 39.8 Å². The Balaban J connectivity index is 0. The maximum Gasteiger partial charge on any atom is 0.317 e. The molecule has 0 saturated carbocycles. The summed E-state index contributed by atoms with van der Waals surface area (Å²) in [5.41, 5.74) is 2.54. The van der Waals surface area contributed by atoms with Crippen LogP contribution in [0.3, 0.4) is 0 Å². The molecule has 0 atom stereocenters. The molecule has 12 heteroatoms. The molecule has 1 saturated heterocycles. The number of aryl methyl sites for hydroxylation is 2. The van der Waals surface area contributed by atoms with Gasteiger partial charge in [-0.05, 0) is 31.0 Å². The Morgan fingerprint density at radius 2 is 1.32 bits per heavy atom. The smallest absolute Gasteiger partial charge is 0.317 e. The zero-order valence-corrected chi connectivity index (χ0v) is 26.0. The van der Waals surface area contributed by atoms with Crippen molar-refractivity contribution in [1.29, 1.82) is 0 Å². The Kier molecular flexibility index (Phi) is 19.5. The van der Waals surface area contributed by atoms with Gasteiger partial charge in [-0.25, -0.2) is 4.79 Å². The van der Waals surface area contributed by atoms with Crippen molar-refractivity contribution in [3.63, 3.8) is 0 Å². The molecule has 0 aliphatic carbocycles. The molecule has 1 fully saturated rings. The molecule has 1 heterocycles. The number of esters is 1. The molecular formula is C28H49N5O7. The van der Waals surface area contributed by atoms with Crippen LogP contribution in [0.25, 0.3) is 0 Å². The van der Waals surface area contributed by atoms with Crippen LogP contribution < -0.4 is 26.0 Å². The van der Waals surface area contributed by atoms with Crippen LogP contribution >= 0.6 is 0 Å². The van der Waals surface area contributed by atoms with E-state index in [9.17, 15) is 24.0 Å². The predicted molar refractivity (Wildman–Crippen MR) is 155 cm³/mol. The van der Waals surface area contributed by atoms with Crippen LogP contribution in [0.15, 0.2) is 12.1 Å². The van der Waals surface area contributed by atoms with Crippen molar-refractivity contribution in [1.82, 2.24) is 26.2 Å². The van der Waals surface area contributed by atoms with Gasteiger partial charge < -0.3 is 35.6 Å². The summed E-state index contributed by atoms with van der Waals surface area (Å²) in [6.45, 7) is 14.9. The fourth-order valence-corrected chi connectivity index (χ4v) is 3.53. The number of ether oxygens (including phenoxy) is 2. The molecule has 40 heavy (non-hydrogen) atoms. The number of hydrogen-bond donors (Lipinski definition) is 4. The molecule has 2 rings (SSSR count). The molecule has 1 aliphatic heterocycles. The molecule has 0 spiro atoms. The quantitative estimate of drug-likeness (QED) is 0.319. The fourth-order valence-electron chi connectivity index (χ4n) is 3.53. The van der Waals surface area contributed by atoms with Gasteiger partial charge >= 0.3 is 12.0 Å². The van der Waals surface area contributed by atoms with Crippen molar-refractivity contribution < 1.29 is 33.4 Å². The first kappa shape index (κ1) is 38.5. The van der Waals surface area contributed by atoms with E-state index in [-0.39, 0.29) is 29.7 Å². The largest absolute Gasteiger partial charge is 0.426 e. The van der Waals surface area contributed by atoms with Gasteiger partial charge in [0.05, 0.1) is 13.2 Å². The van der Waals surface area contributed by atoms with E-state index in [1.54, 1.807) is 33.1 Å². The van der Waals surface area contributed by atoms with Gasteiger partial charge in [-0.15, -0.1) is 0 Å². The van der Waals surface area contributed by atoms with Gasteiger partial charge in [0.1, 0.15) is 5.75 Å². The first-order valence-electron chi connectivity index (χ1n) is 13.0. The van der Waals surface area contributed by atoms with Gasteiger partial charge in [-0.1, -0.05) is 19.9 Å². The first-order chi connectivity index (χ1) is 18.6. The molecule has 5 amide bonds. The number of carbonyl (C=O) groups is 5. The predicted octanol–water partition coefficient (Wildman–Crippen LogP) is 1.81. The molecule has 1 aromatic rings. The fraction of sp³-hybridized carbons (Fsp3) is 0.607. The second-order valence-electron chi connectivity index (χ2n) is 9.55. The highest BCUT2D eigenvalue weighted by Gasteiger charge is 2.29. The van der Waals surface area contributed by atoms with Crippen molar-refractivity contribution in [3.8, 4) is 5.75 Å². The lowest BCUT2D eigenvalue weighted by Crippen LogP contribution is -2.44. The lowest BCUT2D eigenvalue weighted by atomic mass is 9.78. The Morgan fingerprint density at radius 1 is 0.850 bits per heavy atom. The number of benzene rings is 1. The number of morpholine rings is 1. The van der Waals surface area contributed by atoms with E-state index in [4.69, 9.17) is 9.47 Å². The lowest BCUT2D eigenvalue weighted by Gasteiger charge is -2.28. The summed E-state index contributed by atoms with van der Waals surface area (Å²) in [5.74, 6) is 0.162. The van der Waals surface area contributed by atoms with E-state index >= 15 is 0 Å². The zero-order chi connectivity index (χ0) is 31.5. The minimum absolute atomic E-state index is 0.00463. The van der Waals surface area contributed by atoms with Crippen LogP contribution in [-0.2, 0) is 29.3 Å². The minimum Gasteiger partial charge on any atom is -0.426 e. The number of nitrogens with zero attached hydrogens (tertiary/aromatic N) is 1. The Bertz CT molecular complexity index is 960. The van der Waals surface area contributed by atoms with Crippen LogP contribution in [0.5, 0.6) is 5.75 Å². The highest BCUT2D eigenvalue weighted by atomic mass is 16.5. The van der Waals surface area contributed by atoms with Gasteiger partial charge in [0, 0.05) is 79.5 Å². The summed E-state index contributed by atoms with van der Waals surface area (Å²) in [6.07, 6.45) is 0.335. The van der Waals surface area contributed by atoms with Crippen molar-refractivity contribution in [2.24, 2.45) is 0 Å². The topological polar surface area (TPSA) is 155 Å². The van der Waals surface area contributed by atoms with Gasteiger partial charge in [-0.3, -0.25) is 19.2 Å². The third-order valence-corrected chi connectivity index (χ3v) is 5.47. The SMILES string of the molecule is CNC(=O)CC(C)(C)c1c(C)cc(C)cc1OC(C)=O.CNC(=O)N1CCOCC1.CNC(C)=O.CNC(C)=O. The second kappa shape index (κ2) is 20.3. The average Bonchev–Trinajstić information content (AvgIpc) is 2.88. The van der Waals surface area contributed by atoms with Crippen molar-refractivity contribution in [3.05, 3.63) is 28.8 Å². The molecule has 4 N–H and O–H groups in total. The number of carbonyl (C=O) groups excluding carboxylic acids is 5. The van der Waals surface area contributed by atoms with Gasteiger partial charge in [-0.2, -0.15) is 0 Å². The van der Waals surface area contributed by atoms with Gasteiger partial charge in [0.2, 0.25) is 17.7 Å². The van der Waals surface area contributed by atoms with Crippen molar-refractivity contribution >= 4 is 29.7 Å². The summed E-state index contributed by atoms with van der Waals surface area (Å²) in [4.78, 5) is 55.1. The molecule has 0 aromatic heterocycles. The normalized spacial score (nSPS) is 11.9. The van der Waals surface area contributed by atoms with Crippen LogP contribution in [0, 0.1) is 13.8 Å². The molecule has 12 nitrogen and oxygen atoms in total. The van der Waals surface area contributed by atoms with Gasteiger partial charge in [0.15, 0.2) is 0 Å². The molecular weight excluding hydrogens is 518 g/mol. The van der Waals surface area contributed by atoms with Crippen LogP contribution in [0.1, 0.15) is 57.7 Å². The maximum absolute atomic E-state index is 11.7. The summed E-state index contributed by atoms with van der Waals surface area (Å²) < 4.78 is 10.4. The number of urea groups is 1. The molecule has 0 unspecified atom stereocenters. The number of hydrogen-bond acceptors (Lipinski definition) is 7. The summed E-state index contributed by atoms with van der Waals surface area (Å²) in [7, 11) is 6.45. The minimum atomic E-state index is -0.414. The molecule has 1 aliphatic rings. The lowest BCUT2D eigenvalue weighted by molar-refractivity contribution is -0.132. The number of nitrogens with one attached hydrogen (secondary N) is 4. The summed E-state index contributed by atoms with van der Waals surface area (Å²) >= 11 is 0. The Labute approximate surface area is 238 Å². The molecule has 0 radical (unpaired) electrons. The van der Waals surface area contributed by atoms with Gasteiger partial charge in [0.25, 0.3) is 0 Å². The Hall–Kier alpha value is -3.67. The van der Waals surface area contributed by atoms with E-state index in [0.717, 1.165) is 16.7 Å². The standard InChI is InChI=1S/C16H23NO3.C6H12N2O2.2C3H7NO/c1-10-7-11(2)15(13(8-10)20-12(3)18)16(4,5)9-14(19)17-6;1-7-6(9)8-2-4-10-5-3-8;2*1-3(5)4-2/h7-8H,9H2,1-6H3,(H,17,19);2-5H2,1H3,(H,7,9);2*1-2H3,(H,4,5). The average molecular weight is 568 g/mol. The Morgan fingerprint density at radius 3 is 1.70 bits per heavy atom. The molecule has 1 aromatic carbocycles. The maximum atomic E-state index is 11.7. The van der Waals surface area contributed by atoms with Crippen molar-refractivity contribution in [2.45, 2.75) is 60.3 Å². The highest BCUT2D eigenvalue weighted by molar-refractivity contribution is 5.78. The van der Waals surface area contributed by atoms with Crippen molar-refractivity contribution in [2.75, 3.05) is 54.5 Å². The van der Waals surface area contributed by atoms with E-state index in [2.05, 4.69) is 21.3 Å². The van der Waals surface area contributed by atoms with E-state index in [1.165, 1.54) is 20.8 Å². The van der Waals surface area contributed by atoms with Crippen LogP contribution in [0.4, 0.5) is 4.79 Å². The summed E-state index contributed by atoms with van der Waals surface area (Å²) in [5, 5.41) is 9.98. The molecule has 228 valence electrons. The third-order valence-electron chi connectivity index (χ3n) is 5.47.